The maximum absolute atomic E-state index is 13.4. The Kier molecular flexibility index (Phi) is 6.44. The van der Waals surface area contributed by atoms with E-state index in [1.165, 1.54) is 36.3 Å². The Labute approximate surface area is 200 Å². The molecule has 2 fully saturated rings. The minimum Gasteiger partial charge on any atom is -0.351 e. The second-order valence-corrected chi connectivity index (χ2v) is 9.91. The number of hydrogen-bond donors (Lipinski definition) is 1. The van der Waals surface area contributed by atoms with Crippen molar-refractivity contribution in [3.63, 3.8) is 0 Å². The van der Waals surface area contributed by atoms with Crippen LogP contribution in [0.1, 0.15) is 31.2 Å². The van der Waals surface area contributed by atoms with Crippen molar-refractivity contribution in [2.24, 2.45) is 0 Å². The first-order valence-electron chi connectivity index (χ1n) is 11.6. The summed E-state index contributed by atoms with van der Waals surface area (Å²) in [5, 5.41) is 4.22. The van der Waals surface area contributed by atoms with E-state index in [1.54, 1.807) is 18.3 Å². The summed E-state index contributed by atoms with van der Waals surface area (Å²) >= 11 is 1.48. The fourth-order valence-corrected chi connectivity index (χ4v) is 5.57. The molecular weight excluding hydrogens is 461 g/mol. The van der Waals surface area contributed by atoms with Gasteiger partial charge in [0.2, 0.25) is 5.95 Å². The normalized spacial score (nSPS) is 17.9. The number of rotatable bonds is 5. The van der Waals surface area contributed by atoms with Crippen LogP contribution in [0.15, 0.2) is 36.5 Å². The molecule has 1 aromatic carbocycles. The van der Waals surface area contributed by atoms with Crippen LogP contribution in [-0.4, -0.2) is 59.1 Å². The maximum atomic E-state index is 13.4. The topological polar surface area (TPSA) is 57.2 Å². The Morgan fingerprint density at radius 1 is 1.03 bits per heavy atom. The summed E-state index contributed by atoms with van der Waals surface area (Å²) in [6.45, 7) is 3.47. The van der Waals surface area contributed by atoms with Gasteiger partial charge < -0.3 is 15.1 Å². The molecule has 1 aliphatic carbocycles. The summed E-state index contributed by atoms with van der Waals surface area (Å²) in [4.78, 5) is 19.2. The lowest BCUT2D eigenvalue weighted by molar-refractivity contribution is -0.137. The maximum Gasteiger partial charge on any atom is 0.416 e. The summed E-state index contributed by atoms with van der Waals surface area (Å²) in [6, 6.07) is 7.54. The van der Waals surface area contributed by atoms with Crippen LogP contribution in [0.2, 0.25) is 0 Å². The fraction of sp³-hybridized carbons (Fsp3) is 0.458. The van der Waals surface area contributed by atoms with Gasteiger partial charge >= 0.3 is 6.18 Å². The van der Waals surface area contributed by atoms with Crippen molar-refractivity contribution in [2.45, 2.75) is 37.9 Å². The highest BCUT2D eigenvalue weighted by molar-refractivity contribution is 7.19. The van der Waals surface area contributed by atoms with E-state index in [0.29, 0.717) is 28.9 Å². The molecule has 1 aliphatic heterocycles. The Balaban J connectivity index is 1.54. The third kappa shape index (κ3) is 5.02. The van der Waals surface area contributed by atoms with Crippen molar-refractivity contribution >= 4 is 22.4 Å². The van der Waals surface area contributed by atoms with Crippen LogP contribution >= 0.6 is 11.3 Å². The SMILES string of the molecule is CN1CCN(c2nc(-c3cccc(C(F)(F)F)c3)c(-c3ccnc(NC4CCCC4)n3)s2)CC1. The van der Waals surface area contributed by atoms with E-state index in [0.717, 1.165) is 55.1 Å². The zero-order valence-electron chi connectivity index (χ0n) is 19.0. The van der Waals surface area contributed by atoms with Gasteiger partial charge in [0.1, 0.15) is 0 Å². The number of thiazole rings is 1. The lowest BCUT2D eigenvalue weighted by atomic mass is 10.1. The molecule has 0 atom stereocenters. The van der Waals surface area contributed by atoms with E-state index in [-0.39, 0.29) is 0 Å². The van der Waals surface area contributed by atoms with Crippen LogP contribution in [0.4, 0.5) is 24.3 Å². The van der Waals surface area contributed by atoms with Crippen LogP contribution in [0, 0.1) is 0 Å². The first kappa shape index (κ1) is 23.0. The number of anilines is 2. The molecule has 0 bridgehead atoms. The number of piperazine rings is 1. The number of hydrogen-bond acceptors (Lipinski definition) is 7. The van der Waals surface area contributed by atoms with E-state index in [4.69, 9.17) is 9.97 Å². The van der Waals surface area contributed by atoms with E-state index in [1.807, 2.05) is 0 Å². The molecule has 1 N–H and O–H groups in total. The Morgan fingerprint density at radius 2 is 1.79 bits per heavy atom. The molecule has 180 valence electrons. The third-order valence-corrected chi connectivity index (χ3v) is 7.57. The lowest BCUT2D eigenvalue weighted by Crippen LogP contribution is -2.44. The first-order valence-corrected chi connectivity index (χ1v) is 12.4. The molecule has 0 radical (unpaired) electrons. The van der Waals surface area contributed by atoms with E-state index >= 15 is 0 Å². The van der Waals surface area contributed by atoms with Crippen molar-refractivity contribution in [3.05, 3.63) is 42.1 Å². The second kappa shape index (κ2) is 9.50. The smallest absolute Gasteiger partial charge is 0.351 e. The fourth-order valence-electron chi connectivity index (χ4n) is 4.46. The van der Waals surface area contributed by atoms with Gasteiger partial charge in [-0.1, -0.05) is 36.3 Å². The van der Waals surface area contributed by atoms with Crippen molar-refractivity contribution in [1.29, 1.82) is 0 Å². The molecule has 5 rings (SSSR count). The molecule has 1 saturated carbocycles. The van der Waals surface area contributed by atoms with Gasteiger partial charge in [0.05, 0.1) is 21.8 Å². The first-order chi connectivity index (χ1) is 16.4. The van der Waals surface area contributed by atoms with Gasteiger partial charge in [-0.15, -0.1) is 0 Å². The van der Waals surface area contributed by atoms with Crippen LogP contribution < -0.4 is 10.2 Å². The van der Waals surface area contributed by atoms with Gasteiger partial charge in [-0.3, -0.25) is 0 Å². The molecule has 2 aromatic heterocycles. The number of nitrogens with one attached hydrogen (secondary N) is 1. The highest BCUT2D eigenvalue weighted by Gasteiger charge is 2.31. The van der Waals surface area contributed by atoms with E-state index in [9.17, 15) is 13.2 Å². The largest absolute Gasteiger partial charge is 0.416 e. The number of benzene rings is 1. The van der Waals surface area contributed by atoms with Gasteiger partial charge in [-0.25, -0.2) is 15.0 Å². The van der Waals surface area contributed by atoms with Crippen LogP contribution in [0.25, 0.3) is 21.8 Å². The zero-order valence-corrected chi connectivity index (χ0v) is 19.8. The molecule has 3 heterocycles. The average Bonchev–Trinajstić information content (AvgIpc) is 3.50. The quantitative estimate of drug-likeness (QED) is 0.520. The second-order valence-electron chi connectivity index (χ2n) is 8.93. The lowest BCUT2D eigenvalue weighted by Gasteiger charge is -2.32. The summed E-state index contributed by atoms with van der Waals surface area (Å²) < 4.78 is 40.3. The van der Waals surface area contributed by atoms with Gasteiger partial charge in [0.15, 0.2) is 5.13 Å². The monoisotopic (exact) mass is 488 g/mol. The zero-order chi connectivity index (χ0) is 23.7. The molecule has 3 aromatic rings. The predicted molar refractivity (Wildman–Crippen MR) is 129 cm³/mol. The van der Waals surface area contributed by atoms with E-state index in [2.05, 4.69) is 27.1 Å². The predicted octanol–water partition coefficient (Wildman–Crippen LogP) is 5.39. The minimum absolute atomic E-state index is 0.362. The molecule has 34 heavy (non-hydrogen) atoms. The Bertz CT molecular complexity index is 1130. The molecule has 2 aliphatic rings. The van der Waals surface area contributed by atoms with Gasteiger partial charge in [0, 0.05) is 44.0 Å². The van der Waals surface area contributed by atoms with Crippen molar-refractivity contribution in [1.82, 2.24) is 19.9 Å². The van der Waals surface area contributed by atoms with E-state index < -0.39 is 11.7 Å². The highest BCUT2D eigenvalue weighted by atomic mass is 32.1. The summed E-state index contributed by atoms with van der Waals surface area (Å²) in [6.07, 6.45) is 1.86. The number of halogens is 3. The van der Waals surface area contributed by atoms with Crippen LogP contribution in [0.5, 0.6) is 0 Å². The molecular formula is C24H27F3N6S. The van der Waals surface area contributed by atoms with Gasteiger partial charge in [-0.2, -0.15) is 13.2 Å². The van der Waals surface area contributed by atoms with Crippen LogP contribution in [-0.2, 0) is 6.18 Å². The number of alkyl halides is 3. The summed E-state index contributed by atoms with van der Waals surface area (Å²) in [5.74, 6) is 0.550. The molecule has 1 saturated heterocycles. The highest BCUT2D eigenvalue weighted by Crippen LogP contribution is 2.41. The number of likely N-dealkylation sites (N-methyl/N-ethyl adjacent to an activating group) is 1. The third-order valence-electron chi connectivity index (χ3n) is 6.43. The van der Waals surface area contributed by atoms with Crippen molar-refractivity contribution in [3.8, 4) is 21.8 Å². The molecule has 6 nitrogen and oxygen atoms in total. The number of nitrogens with zero attached hydrogens (tertiary/aromatic N) is 5. The molecule has 0 amide bonds. The Morgan fingerprint density at radius 3 is 2.53 bits per heavy atom. The number of aromatic nitrogens is 3. The minimum atomic E-state index is -4.42. The molecule has 10 heteroatoms. The Hall–Kier alpha value is -2.72. The summed E-state index contributed by atoms with van der Waals surface area (Å²) in [7, 11) is 2.08. The van der Waals surface area contributed by atoms with Gasteiger partial charge in [0.25, 0.3) is 0 Å². The molecule has 0 spiro atoms. The average molecular weight is 489 g/mol. The summed E-state index contributed by atoms with van der Waals surface area (Å²) in [5.41, 5.74) is 0.943. The van der Waals surface area contributed by atoms with Crippen LogP contribution in [0.3, 0.4) is 0 Å². The van der Waals surface area contributed by atoms with Crippen molar-refractivity contribution < 1.29 is 13.2 Å². The standard InChI is InChI=1S/C24H27F3N6S/c1-32-11-13-33(14-12-32)23-31-20(16-5-4-6-17(15-16)24(25,26)27)21(34-23)19-9-10-28-22(30-19)29-18-7-2-3-8-18/h4-6,9-10,15,18H,2-3,7-8,11-14H2,1H3,(H,28,29,30). The van der Waals surface area contributed by atoms with Gasteiger partial charge in [-0.05, 0) is 38.1 Å². The molecule has 0 unspecified atom stereocenters. The van der Waals surface area contributed by atoms with Crippen molar-refractivity contribution in [2.75, 3.05) is 43.4 Å².